The molecule has 0 aromatic rings. The lowest BCUT2D eigenvalue weighted by Crippen LogP contribution is -2.58. The molecule has 2 nitrogen and oxygen atoms in total. The van der Waals surface area contributed by atoms with Crippen molar-refractivity contribution in [2.75, 3.05) is 0 Å². The van der Waals surface area contributed by atoms with Gasteiger partial charge in [0.25, 0.3) is 0 Å². The van der Waals surface area contributed by atoms with Crippen molar-refractivity contribution in [2.24, 2.45) is 34.0 Å². The fourth-order valence-corrected chi connectivity index (χ4v) is 8.29. The van der Waals surface area contributed by atoms with Gasteiger partial charge >= 0.3 is 0 Å². The Kier molecular flexibility index (Phi) is 3.02. The zero-order valence-corrected chi connectivity index (χ0v) is 14.9. The second kappa shape index (κ2) is 4.30. The molecule has 4 rings (SSSR count). The SMILES string of the molecule is CC1(C)C[C@@H](O)C[C@]2(C)[C@@H]1CC[C@@]13C[C@@H](CC[C@@H]12)[C@](C)(O)C3. The van der Waals surface area contributed by atoms with Crippen LogP contribution in [0.1, 0.15) is 79.1 Å². The first-order valence-corrected chi connectivity index (χ1v) is 9.50. The van der Waals surface area contributed by atoms with E-state index in [1.54, 1.807) is 0 Å². The van der Waals surface area contributed by atoms with Gasteiger partial charge in [0.2, 0.25) is 0 Å². The van der Waals surface area contributed by atoms with Gasteiger partial charge in [-0.1, -0.05) is 20.8 Å². The van der Waals surface area contributed by atoms with Gasteiger partial charge in [0.1, 0.15) is 0 Å². The Labute approximate surface area is 135 Å². The molecule has 0 saturated heterocycles. The van der Waals surface area contributed by atoms with E-state index in [2.05, 4.69) is 27.7 Å². The Morgan fingerprint density at radius 1 is 0.864 bits per heavy atom. The van der Waals surface area contributed by atoms with Crippen molar-refractivity contribution in [1.82, 2.24) is 0 Å². The third-order valence-corrected chi connectivity index (χ3v) is 8.69. The van der Waals surface area contributed by atoms with Crippen molar-refractivity contribution >= 4 is 0 Å². The van der Waals surface area contributed by atoms with Gasteiger partial charge in [-0.3, -0.25) is 0 Å². The first-order chi connectivity index (χ1) is 10.1. The first kappa shape index (κ1) is 15.4. The van der Waals surface area contributed by atoms with Crippen LogP contribution in [-0.4, -0.2) is 21.9 Å². The molecule has 0 radical (unpaired) electrons. The molecule has 0 amide bonds. The highest BCUT2D eigenvalue weighted by Crippen LogP contribution is 2.72. The summed E-state index contributed by atoms with van der Waals surface area (Å²) >= 11 is 0. The number of rotatable bonds is 0. The van der Waals surface area contributed by atoms with E-state index in [0.29, 0.717) is 17.3 Å². The molecule has 0 heterocycles. The standard InChI is InChI=1S/C20H34O2/c1-17(2)10-14(21)11-18(3)15(17)7-8-20-9-13(5-6-16(18)20)19(4,22)12-20/h13-16,21-22H,5-12H2,1-4H3/t13-,14-,15-,16-,18-,19-,20+/m1/s1. The van der Waals surface area contributed by atoms with Crippen LogP contribution in [0, 0.1) is 34.0 Å². The van der Waals surface area contributed by atoms with Gasteiger partial charge in [-0.05, 0) is 92.3 Å². The predicted molar refractivity (Wildman–Crippen MR) is 88.4 cm³/mol. The maximum absolute atomic E-state index is 10.9. The summed E-state index contributed by atoms with van der Waals surface area (Å²) in [6, 6.07) is 0. The average Bonchev–Trinajstić information content (AvgIpc) is 2.52. The van der Waals surface area contributed by atoms with Gasteiger partial charge in [0.15, 0.2) is 0 Å². The number of fused-ring (bicyclic) bond motifs is 3. The molecular formula is C20H34O2. The summed E-state index contributed by atoms with van der Waals surface area (Å²) < 4.78 is 0. The molecule has 0 aliphatic heterocycles. The summed E-state index contributed by atoms with van der Waals surface area (Å²) in [6.07, 6.45) is 9.14. The second-order valence-corrected chi connectivity index (χ2v) is 10.6. The van der Waals surface area contributed by atoms with Gasteiger partial charge in [0.05, 0.1) is 11.7 Å². The van der Waals surface area contributed by atoms with Crippen molar-refractivity contribution in [2.45, 2.75) is 90.8 Å². The molecule has 0 unspecified atom stereocenters. The highest BCUT2D eigenvalue weighted by Gasteiger charge is 2.66. The van der Waals surface area contributed by atoms with Crippen LogP contribution in [0.25, 0.3) is 0 Å². The highest BCUT2D eigenvalue weighted by atomic mass is 16.3. The fourth-order valence-electron chi connectivity index (χ4n) is 8.29. The lowest BCUT2D eigenvalue weighted by molar-refractivity contribution is -0.171. The third-order valence-electron chi connectivity index (χ3n) is 8.69. The molecule has 0 aromatic carbocycles. The summed E-state index contributed by atoms with van der Waals surface area (Å²) in [4.78, 5) is 0. The molecule has 4 aliphatic rings. The van der Waals surface area contributed by atoms with Crippen LogP contribution in [0.15, 0.2) is 0 Å². The monoisotopic (exact) mass is 306 g/mol. The van der Waals surface area contributed by atoms with E-state index in [0.717, 1.165) is 25.2 Å². The van der Waals surface area contributed by atoms with E-state index in [4.69, 9.17) is 0 Å². The molecule has 4 saturated carbocycles. The minimum absolute atomic E-state index is 0.133. The summed E-state index contributed by atoms with van der Waals surface area (Å²) in [7, 11) is 0. The molecule has 126 valence electrons. The van der Waals surface area contributed by atoms with E-state index in [9.17, 15) is 10.2 Å². The molecule has 4 aliphatic carbocycles. The topological polar surface area (TPSA) is 40.5 Å². The van der Waals surface area contributed by atoms with Gasteiger partial charge in [-0.15, -0.1) is 0 Å². The Balaban J connectivity index is 1.74. The van der Waals surface area contributed by atoms with E-state index >= 15 is 0 Å². The average molecular weight is 306 g/mol. The molecule has 1 spiro atoms. The van der Waals surface area contributed by atoms with E-state index in [1.165, 1.54) is 32.1 Å². The summed E-state index contributed by atoms with van der Waals surface area (Å²) in [6.45, 7) is 9.34. The number of hydrogen-bond acceptors (Lipinski definition) is 2. The van der Waals surface area contributed by atoms with Gasteiger partial charge < -0.3 is 10.2 Å². The minimum atomic E-state index is -0.444. The third kappa shape index (κ3) is 1.86. The molecule has 2 heteroatoms. The maximum atomic E-state index is 10.9. The smallest absolute Gasteiger partial charge is 0.0653 e. The van der Waals surface area contributed by atoms with Crippen molar-refractivity contribution in [3.63, 3.8) is 0 Å². The van der Waals surface area contributed by atoms with Gasteiger partial charge in [-0.2, -0.15) is 0 Å². The van der Waals surface area contributed by atoms with Crippen LogP contribution in [0.4, 0.5) is 0 Å². The normalized spacial score (nSPS) is 59.7. The number of aliphatic hydroxyl groups excluding tert-OH is 1. The first-order valence-electron chi connectivity index (χ1n) is 9.50. The number of hydrogen-bond donors (Lipinski definition) is 2. The predicted octanol–water partition coefficient (Wildman–Crippen LogP) is 4.14. The molecule has 0 aromatic heterocycles. The van der Waals surface area contributed by atoms with Crippen molar-refractivity contribution in [3.05, 3.63) is 0 Å². The minimum Gasteiger partial charge on any atom is -0.393 e. The Bertz CT molecular complexity index is 482. The van der Waals surface area contributed by atoms with Crippen LogP contribution in [0.3, 0.4) is 0 Å². The Hall–Kier alpha value is -0.0800. The molecule has 2 bridgehead atoms. The summed E-state index contributed by atoms with van der Waals surface area (Å²) in [5, 5.41) is 21.4. The van der Waals surface area contributed by atoms with Crippen molar-refractivity contribution in [3.8, 4) is 0 Å². The molecule has 22 heavy (non-hydrogen) atoms. The fraction of sp³-hybridized carbons (Fsp3) is 1.00. The maximum Gasteiger partial charge on any atom is 0.0653 e. The number of aliphatic hydroxyl groups is 2. The van der Waals surface area contributed by atoms with Crippen LogP contribution in [0.2, 0.25) is 0 Å². The lowest BCUT2D eigenvalue weighted by Gasteiger charge is -2.64. The summed E-state index contributed by atoms with van der Waals surface area (Å²) in [5.74, 6) is 1.96. The van der Waals surface area contributed by atoms with Crippen LogP contribution in [-0.2, 0) is 0 Å². The zero-order chi connectivity index (χ0) is 16.0. The van der Waals surface area contributed by atoms with Crippen molar-refractivity contribution in [1.29, 1.82) is 0 Å². The lowest BCUT2D eigenvalue weighted by atomic mass is 9.41. The second-order valence-electron chi connectivity index (χ2n) is 10.6. The van der Waals surface area contributed by atoms with Gasteiger partial charge in [-0.25, -0.2) is 0 Å². The molecule has 4 fully saturated rings. The highest BCUT2D eigenvalue weighted by molar-refractivity contribution is 5.16. The van der Waals surface area contributed by atoms with Crippen molar-refractivity contribution < 1.29 is 10.2 Å². The molecule has 2 N–H and O–H groups in total. The van der Waals surface area contributed by atoms with Gasteiger partial charge in [0, 0.05) is 0 Å². The largest absolute Gasteiger partial charge is 0.393 e. The van der Waals surface area contributed by atoms with Crippen LogP contribution < -0.4 is 0 Å². The Morgan fingerprint density at radius 3 is 2.32 bits per heavy atom. The summed E-state index contributed by atoms with van der Waals surface area (Å²) in [5.41, 5.74) is 0.447. The quantitative estimate of drug-likeness (QED) is 0.706. The van der Waals surface area contributed by atoms with Crippen LogP contribution >= 0.6 is 0 Å². The van der Waals surface area contributed by atoms with E-state index in [1.807, 2.05) is 0 Å². The van der Waals surface area contributed by atoms with Crippen LogP contribution in [0.5, 0.6) is 0 Å². The molecular weight excluding hydrogens is 272 g/mol. The van der Waals surface area contributed by atoms with E-state index in [-0.39, 0.29) is 16.9 Å². The molecule has 7 atom stereocenters. The van der Waals surface area contributed by atoms with E-state index < -0.39 is 5.60 Å². The zero-order valence-electron chi connectivity index (χ0n) is 14.9. The Morgan fingerprint density at radius 2 is 1.59 bits per heavy atom.